The molecule has 0 spiro atoms. The molecule has 1 aromatic carbocycles. The van der Waals surface area contributed by atoms with Crippen LogP contribution in [-0.2, 0) is 20.2 Å². The third kappa shape index (κ3) is 5.07. The number of benzene rings is 1. The standard InChI is InChI=1S/C20H32N2O3S/c1-6-26(24,25)22-13-11-17(12-14-22)19(23)21-15(2)16-7-9-18(10-8-16)20(3,4)5/h7-10,15,17H,6,11-14H2,1-5H3,(H,21,23)/t15-/m1/s1. The van der Waals surface area contributed by atoms with E-state index < -0.39 is 10.0 Å². The Hall–Kier alpha value is -1.40. The fraction of sp³-hybridized carbons (Fsp3) is 0.650. The van der Waals surface area contributed by atoms with E-state index in [0.717, 1.165) is 5.56 Å². The van der Waals surface area contributed by atoms with Gasteiger partial charge < -0.3 is 5.32 Å². The largest absolute Gasteiger partial charge is 0.349 e. The summed E-state index contributed by atoms with van der Waals surface area (Å²) < 4.78 is 25.3. The Kier molecular flexibility index (Phi) is 6.51. The molecule has 2 rings (SSSR count). The van der Waals surface area contributed by atoms with Gasteiger partial charge in [0.1, 0.15) is 0 Å². The fourth-order valence-electron chi connectivity index (χ4n) is 3.27. The average molecular weight is 381 g/mol. The first-order valence-corrected chi connectivity index (χ1v) is 11.0. The van der Waals surface area contributed by atoms with Gasteiger partial charge in [-0.1, -0.05) is 45.0 Å². The molecule has 0 unspecified atom stereocenters. The Balaban J connectivity index is 1.92. The quantitative estimate of drug-likeness (QED) is 0.853. The number of rotatable bonds is 5. The smallest absolute Gasteiger partial charge is 0.223 e. The van der Waals surface area contributed by atoms with E-state index in [1.165, 1.54) is 9.87 Å². The number of nitrogens with one attached hydrogen (secondary N) is 1. The zero-order valence-electron chi connectivity index (χ0n) is 16.6. The highest BCUT2D eigenvalue weighted by Gasteiger charge is 2.30. The maximum Gasteiger partial charge on any atom is 0.223 e. The Labute approximate surface area is 158 Å². The van der Waals surface area contributed by atoms with Crippen molar-refractivity contribution in [2.75, 3.05) is 18.8 Å². The van der Waals surface area contributed by atoms with Crippen LogP contribution in [0.1, 0.15) is 64.6 Å². The van der Waals surface area contributed by atoms with Crippen LogP contribution >= 0.6 is 0 Å². The molecule has 1 heterocycles. The minimum absolute atomic E-state index is 0.0194. The van der Waals surface area contributed by atoms with Crippen molar-refractivity contribution in [2.24, 2.45) is 5.92 Å². The molecule has 0 bridgehead atoms. The van der Waals surface area contributed by atoms with Gasteiger partial charge in [-0.15, -0.1) is 0 Å². The maximum atomic E-state index is 12.6. The summed E-state index contributed by atoms with van der Waals surface area (Å²) in [4.78, 5) is 12.6. The molecular weight excluding hydrogens is 348 g/mol. The lowest BCUT2D eigenvalue weighted by atomic mass is 9.86. The van der Waals surface area contributed by atoms with Gasteiger partial charge >= 0.3 is 0 Å². The molecule has 0 aliphatic carbocycles. The van der Waals surface area contributed by atoms with Crippen LogP contribution in [0.3, 0.4) is 0 Å². The molecule has 5 nitrogen and oxygen atoms in total. The Morgan fingerprint density at radius 1 is 1.19 bits per heavy atom. The molecule has 1 aliphatic heterocycles. The molecular formula is C20H32N2O3S. The van der Waals surface area contributed by atoms with Crippen LogP contribution in [0.5, 0.6) is 0 Å². The van der Waals surface area contributed by atoms with E-state index in [1.54, 1.807) is 6.92 Å². The summed E-state index contributed by atoms with van der Waals surface area (Å²) in [5.74, 6) is 0.0198. The number of piperidine rings is 1. The topological polar surface area (TPSA) is 66.5 Å². The van der Waals surface area contributed by atoms with Crippen LogP contribution in [0.15, 0.2) is 24.3 Å². The number of hydrogen-bond donors (Lipinski definition) is 1. The summed E-state index contributed by atoms with van der Waals surface area (Å²) >= 11 is 0. The summed E-state index contributed by atoms with van der Waals surface area (Å²) in [6, 6.07) is 8.32. The van der Waals surface area contributed by atoms with Crippen molar-refractivity contribution in [3.05, 3.63) is 35.4 Å². The van der Waals surface area contributed by atoms with Crippen molar-refractivity contribution in [3.8, 4) is 0 Å². The lowest BCUT2D eigenvalue weighted by Gasteiger charge is -2.31. The van der Waals surface area contributed by atoms with E-state index in [9.17, 15) is 13.2 Å². The van der Waals surface area contributed by atoms with E-state index in [0.29, 0.717) is 25.9 Å². The zero-order valence-corrected chi connectivity index (χ0v) is 17.4. The highest BCUT2D eigenvalue weighted by molar-refractivity contribution is 7.89. The van der Waals surface area contributed by atoms with Gasteiger partial charge in [0, 0.05) is 19.0 Å². The molecule has 1 N–H and O–H groups in total. The molecule has 1 saturated heterocycles. The average Bonchev–Trinajstić information content (AvgIpc) is 2.61. The van der Waals surface area contributed by atoms with Crippen molar-refractivity contribution in [2.45, 2.75) is 58.9 Å². The summed E-state index contributed by atoms with van der Waals surface area (Å²) in [5, 5.41) is 3.08. The molecule has 1 atom stereocenters. The van der Waals surface area contributed by atoms with Gasteiger partial charge in [0.2, 0.25) is 15.9 Å². The maximum absolute atomic E-state index is 12.6. The molecule has 0 radical (unpaired) electrons. The number of hydrogen-bond acceptors (Lipinski definition) is 3. The second-order valence-electron chi connectivity index (χ2n) is 8.18. The number of nitrogens with zero attached hydrogens (tertiary/aromatic N) is 1. The van der Waals surface area contributed by atoms with Crippen molar-refractivity contribution >= 4 is 15.9 Å². The van der Waals surface area contributed by atoms with Gasteiger partial charge in [0.15, 0.2) is 0 Å². The summed E-state index contributed by atoms with van der Waals surface area (Å²) in [6.45, 7) is 11.0. The van der Waals surface area contributed by atoms with E-state index in [2.05, 4.69) is 50.4 Å². The van der Waals surface area contributed by atoms with Crippen molar-refractivity contribution in [1.82, 2.24) is 9.62 Å². The van der Waals surface area contributed by atoms with Crippen LogP contribution in [0.4, 0.5) is 0 Å². The van der Waals surface area contributed by atoms with Crippen molar-refractivity contribution < 1.29 is 13.2 Å². The van der Waals surface area contributed by atoms with Crippen molar-refractivity contribution in [3.63, 3.8) is 0 Å². The van der Waals surface area contributed by atoms with Crippen LogP contribution < -0.4 is 5.32 Å². The molecule has 0 aromatic heterocycles. The molecule has 26 heavy (non-hydrogen) atoms. The van der Waals surface area contributed by atoms with E-state index >= 15 is 0 Å². The van der Waals surface area contributed by atoms with Gasteiger partial charge in [-0.05, 0) is 43.2 Å². The lowest BCUT2D eigenvalue weighted by Crippen LogP contribution is -2.43. The monoisotopic (exact) mass is 380 g/mol. The predicted octanol–water partition coefficient (Wildman–Crippen LogP) is 3.22. The minimum Gasteiger partial charge on any atom is -0.349 e. The van der Waals surface area contributed by atoms with E-state index in [4.69, 9.17) is 0 Å². The predicted molar refractivity (Wildman–Crippen MR) is 105 cm³/mol. The molecule has 1 amide bonds. The Morgan fingerprint density at radius 3 is 2.19 bits per heavy atom. The fourth-order valence-corrected chi connectivity index (χ4v) is 4.40. The SMILES string of the molecule is CCS(=O)(=O)N1CCC(C(=O)N[C@H](C)c2ccc(C(C)(C)C)cc2)CC1. The Bertz CT molecular complexity index is 712. The third-order valence-electron chi connectivity index (χ3n) is 5.22. The molecule has 6 heteroatoms. The molecule has 146 valence electrons. The van der Waals surface area contributed by atoms with Gasteiger partial charge in [0.25, 0.3) is 0 Å². The highest BCUT2D eigenvalue weighted by Crippen LogP contribution is 2.25. The molecule has 0 saturated carbocycles. The number of carbonyl (C=O) groups is 1. The molecule has 1 aliphatic rings. The summed E-state index contributed by atoms with van der Waals surface area (Å²) in [6.07, 6.45) is 1.17. The molecule has 1 fully saturated rings. The van der Waals surface area contributed by atoms with Crippen molar-refractivity contribution in [1.29, 1.82) is 0 Å². The van der Waals surface area contributed by atoms with Crippen LogP contribution in [0.2, 0.25) is 0 Å². The first-order valence-electron chi connectivity index (χ1n) is 9.43. The number of carbonyl (C=O) groups excluding carboxylic acids is 1. The Morgan fingerprint density at radius 2 is 1.73 bits per heavy atom. The zero-order chi connectivity index (χ0) is 19.5. The van der Waals surface area contributed by atoms with Crippen LogP contribution in [0.25, 0.3) is 0 Å². The number of amides is 1. The van der Waals surface area contributed by atoms with Gasteiger partial charge in [-0.2, -0.15) is 0 Å². The van der Waals surface area contributed by atoms with Crippen LogP contribution in [0, 0.1) is 5.92 Å². The second kappa shape index (κ2) is 8.09. The minimum atomic E-state index is -3.15. The van der Waals surface area contributed by atoms with E-state index in [1.807, 2.05) is 6.92 Å². The lowest BCUT2D eigenvalue weighted by molar-refractivity contribution is -0.126. The second-order valence-corrected chi connectivity index (χ2v) is 10.4. The van der Waals surface area contributed by atoms with Gasteiger partial charge in [0.05, 0.1) is 11.8 Å². The third-order valence-corrected chi connectivity index (χ3v) is 7.10. The summed E-state index contributed by atoms with van der Waals surface area (Å²) in [5.41, 5.74) is 2.46. The van der Waals surface area contributed by atoms with Crippen LogP contribution in [-0.4, -0.2) is 37.5 Å². The number of sulfonamides is 1. The van der Waals surface area contributed by atoms with E-state index in [-0.39, 0.29) is 29.0 Å². The summed E-state index contributed by atoms with van der Waals surface area (Å²) in [7, 11) is -3.15. The van der Waals surface area contributed by atoms with Gasteiger partial charge in [-0.25, -0.2) is 12.7 Å². The van der Waals surface area contributed by atoms with Gasteiger partial charge in [-0.3, -0.25) is 4.79 Å². The first-order chi connectivity index (χ1) is 12.0. The first kappa shape index (κ1) is 20.9. The highest BCUT2D eigenvalue weighted by atomic mass is 32.2. The molecule has 1 aromatic rings. The normalized spacial score (nSPS) is 18.5.